The molecule has 1 saturated heterocycles. The van der Waals surface area contributed by atoms with Crippen molar-refractivity contribution in [3.05, 3.63) is 11.7 Å². The van der Waals surface area contributed by atoms with Gasteiger partial charge in [0.2, 0.25) is 11.7 Å². The summed E-state index contributed by atoms with van der Waals surface area (Å²) < 4.78 is 10.8. The summed E-state index contributed by atoms with van der Waals surface area (Å²) in [5, 5.41) is 7.39. The topological polar surface area (TPSA) is 60.2 Å². The minimum Gasteiger partial charge on any atom is -0.373 e. The summed E-state index contributed by atoms with van der Waals surface area (Å²) in [5.41, 5.74) is 0. The lowest BCUT2D eigenvalue weighted by atomic mass is 10.00. The normalized spacial score (nSPS) is 22.9. The van der Waals surface area contributed by atoms with Crippen LogP contribution >= 0.6 is 0 Å². The van der Waals surface area contributed by atoms with Gasteiger partial charge in [-0.2, -0.15) is 4.98 Å². The molecule has 17 heavy (non-hydrogen) atoms. The van der Waals surface area contributed by atoms with Crippen molar-refractivity contribution in [3.63, 3.8) is 0 Å². The predicted molar refractivity (Wildman–Crippen MR) is 63.7 cm³/mol. The molecule has 1 aliphatic heterocycles. The summed E-state index contributed by atoms with van der Waals surface area (Å²) in [7, 11) is 1.68. The molecule has 0 aliphatic carbocycles. The summed E-state index contributed by atoms with van der Waals surface area (Å²) in [5.74, 6) is 2.11. The number of hydrogen-bond donors (Lipinski definition) is 1. The van der Waals surface area contributed by atoms with E-state index in [0.717, 1.165) is 25.4 Å². The zero-order chi connectivity index (χ0) is 12.3. The van der Waals surface area contributed by atoms with Gasteiger partial charge in [0.25, 0.3) is 0 Å². The van der Waals surface area contributed by atoms with Crippen molar-refractivity contribution in [2.45, 2.75) is 38.7 Å². The molecule has 2 rings (SSSR count). The minimum atomic E-state index is -0.0796. The van der Waals surface area contributed by atoms with Crippen LogP contribution < -0.4 is 5.32 Å². The van der Waals surface area contributed by atoms with Gasteiger partial charge in [0.05, 0.1) is 5.92 Å². The minimum absolute atomic E-state index is 0.0796. The summed E-state index contributed by atoms with van der Waals surface area (Å²) in [6.45, 7) is 6.20. The van der Waals surface area contributed by atoms with Gasteiger partial charge >= 0.3 is 0 Å². The summed E-state index contributed by atoms with van der Waals surface area (Å²) >= 11 is 0. The van der Waals surface area contributed by atoms with Crippen LogP contribution in [0.5, 0.6) is 0 Å². The summed E-state index contributed by atoms with van der Waals surface area (Å²) in [4.78, 5) is 4.48. The third-order valence-corrected chi connectivity index (χ3v) is 3.22. The average molecular weight is 239 g/mol. The van der Waals surface area contributed by atoms with Gasteiger partial charge < -0.3 is 14.6 Å². The van der Waals surface area contributed by atoms with Crippen molar-refractivity contribution in [2.24, 2.45) is 5.92 Å². The lowest BCUT2D eigenvalue weighted by Gasteiger charge is -2.19. The lowest BCUT2D eigenvalue weighted by Crippen LogP contribution is -2.28. The highest BCUT2D eigenvalue weighted by Crippen LogP contribution is 2.26. The Morgan fingerprint density at radius 1 is 1.47 bits per heavy atom. The standard InChI is InChI=1S/C12H21N3O2/c1-8(2)10(16-3)11-14-12(17-15-11)9-5-4-6-13-7-9/h8-10,13H,4-7H2,1-3H3. The number of rotatable bonds is 4. The van der Waals surface area contributed by atoms with E-state index in [0.29, 0.717) is 17.7 Å². The number of nitrogens with zero attached hydrogens (tertiary/aromatic N) is 2. The Labute approximate surface area is 102 Å². The van der Waals surface area contributed by atoms with Gasteiger partial charge in [0.1, 0.15) is 6.10 Å². The monoisotopic (exact) mass is 239 g/mol. The first kappa shape index (κ1) is 12.5. The Morgan fingerprint density at radius 3 is 2.88 bits per heavy atom. The smallest absolute Gasteiger partial charge is 0.231 e. The van der Waals surface area contributed by atoms with Gasteiger partial charge in [-0.3, -0.25) is 0 Å². The molecule has 0 spiro atoms. The van der Waals surface area contributed by atoms with Crippen LogP contribution in [0.2, 0.25) is 0 Å². The van der Waals surface area contributed by atoms with E-state index in [9.17, 15) is 0 Å². The van der Waals surface area contributed by atoms with Crippen LogP contribution in [0.4, 0.5) is 0 Å². The zero-order valence-electron chi connectivity index (χ0n) is 10.8. The number of nitrogens with one attached hydrogen (secondary N) is 1. The highest BCUT2D eigenvalue weighted by molar-refractivity contribution is 4.99. The van der Waals surface area contributed by atoms with Gasteiger partial charge in [-0.05, 0) is 25.3 Å². The molecule has 1 aliphatic rings. The fourth-order valence-corrected chi connectivity index (χ4v) is 2.27. The molecule has 0 radical (unpaired) electrons. The molecule has 0 amide bonds. The molecule has 2 atom stereocenters. The molecule has 96 valence electrons. The lowest BCUT2D eigenvalue weighted by molar-refractivity contribution is 0.0555. The zero-order valence-corrected chi connectivity index (χ0v) is 10.8. The average Bonchev–Trinajstić information content (AvgIpc) is 2.80. The maximum Gasteiger partial charge on any atom is 0.231 e. The third-order valence-electron chi connectivity index (χ3n) is 3.22. The molecule has 2 heterocycles. The third kappa shape index (κ3) is 2.84. The number of ether oxygens (including phenoxy) is 1. The molecule has 1 N–H and O–H groups in total. The molecule has 1 fully saturated rings. The van der Waals surface area contributed by atoms with Crippen LogP contribution in [-0.2, 0) is 4.74 Å². The molecular formula is C12H21N3O2. The van der Waals surface area contributed by atoms with E-state index in [4.69, 9.17) is 9.26 Å². The van der Waals surface area contributed by atoms with Crippen LogP contribution in [0.25, 0.3) is 0 Å². The fraction of sp³-hybridized carbons (Fsp3) is 0.833. The van der Waals surface area contributed by atoms with Gasteiger partial charge in [0.15, 0.2) is 0 Å². The number of aromatic nitrogens is 2. The summed E-state index contributed by atoms with van der Waals surface area (Å²) in [6, 6.07) is 0. The van der Waals surface area contributed by atoms with E-state index in [1.165, 1.54) is 6.42 Å². The van der Waals surface area contributed by atoms with Gasteiger partial charge in [-0.1, -0.05) is 19.0 Å². The second-order valence-corrected chi connectivity index (χ2v) is 4.93. The summed E-state index contributed by atoms with van der Waals surface area (Å²) in [6.07, 6.45) is 2.21. The molecule has 0 bridgehead atoms. The molecule has 5 nitrogen and oxygen atoms in total. The van der Waals surface area contributed by atoms with E-state index in [1.807, 2.05) is 0 Å². The van der Waals surface area contributed by atoms with Crippen LogP contribution in [0, 0.1) is 5.92 Å². The number of hydrogen-bond acceptors (Lipinski definition) is 5. The van der Waals surface area contributed by atoms with Crippen LogP contribution in [0.1, 0.15) is 50.4 Å². The van der Waals surface area contributed by atoms with Crippen molar-refractivity contribution in [3.8, 4) is 0 Å². The van der Waals surface area contributed by atoms with Crippen molar-refractivity contribution >= 4 is 0 Å². The highest BCUT2D eigenvalue weighted by atomic mass is 16.5. The van der Waals surface area contributed by atoms with Gasteiger partial charge in [-0.25, -0.2) is 0 Å². The van der Waals surface area contributed by atoms with Gasteiger partial charge in [-0.15, -0.1) is 0 Å². The Balaban J connectivity index is 2.08. The fourth-order valence-electron chi connectivity index (χ4n) is 2.27. The molecule has 2 unspecified atom stereocenters. The molecule has 0 saturated carbocycles. The first-order chi connectivity index (χ1) is 8.22. The maximum atomic E-state index is 5.40. The van der Waals surface area contributed by atoms with Crippen LogP contribution in [0.15, 0.2) is 4.52 Å². The molecule has 5 heteroatoms. The Hall–Kier alpha value is -0.940. The van der Waals surface area contributed by atoms with Crippen molar-refractivity contribution < 1.29 is 9.26 Å². The van der Waals surface area contributed by atoms with E-state index in [1.54, 1.807) is 7.11 Å². The van der Waals surface area contributed by atoms with E-state index >= 15 is 0 Å². The van der Waals surface area contributed by atoms with E-state index in [2.05, 4.69) is 29.3 Å². The first-order valence-corrected chi connectivity index (χ1v) is 6.29. The highest BCUT2D eigenvalue weighted by Gasteiger charge is 2.25. The quantitative estimate of drug-likeness (QED) is 0.869. The second kappa shape index (κ2) is 5.60. The largest absolute Gasteiger partial charge is 0.373 e. The molecular weight excluding hydrogens is 218 g/mol. The van der Waals surface area contributed by atoms with Crippen molar-refractivity contribution in [2.75, 3.05) is 20.2 Å². The second-order valence-electron chi connectivity index (χ2n) is 4.93. The van der Waals surface area contributed by atoms with E-state index < -0.39 is 0 Å². The molecule has 1 aromatic heterocycles. The molecule has 1 aromatic rings. The Kier molecular flexibility index (Phi) is 4.12. The SMILES string of the molecule is COC(c1noc(C2CCCNC2)n1)C(C)C. The Morgan fingerprint density at radius 2 is 2.29 bits per heavy atom. The predicted octanol–water partition coefficient (Wildman–Crippen LogP) is 1.88. The van der Waals surface area contributed by atoms with E-state index in [-0.39, 0.29) is 6.10 Å². The van der Waals surface area contributed by atoms with Crippen molar-refractivity contribution in [1.82, 2.24) is 15.5 Å². The number of piperidine rings is 1. The maximum absolute atomic E-state index is 5.40. The molecule has 0 aromatic carbocycles. The van der Waals surface area contributed by atoms with Gasteiger partial charge in [0, 0.05) is 13.7 Å². The van der Waals surface area contributed by atoms with Crippen LogP contribution in [-0.4, -0.2) is 30.3 Å². The number of methoxy groups -OCH3 is 1. The first-order valence-electron chi connectivity index (χ1n) is 6.29. The Bertz CT molecular complexity index is 345. The van der Waals surface area contributed by atoms with Crippen LogP contribution in [0.3, 0.4) is 0 Å². The van der Waals surface area contributed by atoms with Crippen molar-refractivity contribution in [1.29, 1.82) is 0 Å².